The van der Waals surface area contributed by atoms with E-state index in [1.54, 1.807) is 0 Å². The second-order valence-corrected chi connectivity index (χ2v) is 11.2. The molecule has 0 saturated carbocycles. The number of fused-ring (bicyclic) bond motifs is 1. The zero-order valence-corrected chi connectivity index (χ0v) is 24.1. The van der Waals surface area contributed by atoms with Gasteiger partial charge in [-0.3, -0.25) is 14.5 Å². The van der Waals surface area contributed by atoms with Crippen LogP contribution >= 0.6 is 11.6 Å². The highest BCUT2D eigenvalue weighted by atomic mass is 35.5. The van der Waals surface area contributed by atoms with E-state index in [2.05, 4.69) is 18.3 Å². The molecule has 2 aliphatic heterocycles. The summed E-state index contributed by atoms with van der Waals surface area (Å²) in [5.41, 5.74) is 4.15. The van der Waals surface area contributed by atoms with E-state index in [1.807, 2.05) is 65.6 Å². The number of carbonyl (C=O) groups is 2. The molecule has 41 heavy (non-hydrogen) atoms. The Labute approximate surface area is 246 Å². The van der Waals surface area contributed by atoms with Crippen molar-refractivity contribution in [3.05, 3.63) is 94.0 Å². The maximum Gasteiger partial charge on any atom is 0.309 e. The molecule has 1 saturated heterocycles. The lowest BCUT2D eigenvalue weighted by Gasteiger charge is -2.27. The van der Waals surface area contributed by atoms with Crippen LogP contribution in [-0.4, -0.2) is 54.7 Å². The van der Waals surface area contributed by atoms with E-state index >= 15 is 0 Å². The number of unbranched alkanes of at least 4 members (excludes halogenated alkanes) is 1. The van der Waals surface area contributed by atoms with Gasteiger partial charge >= 0.3 is 5.97 Å². The van der Waals surface area contributed by atoms with E-state index in [-0.39, 0.29) is 18.4 Å². The van der Waals surface area contributed by atoms with E-state index in [0.29, 0.717) is 37.8 Å². The highest BCUT2D eigenvalue weighted by Crippen LogP contribution is 2.47. The molecule has 1 fully saturated rings. The summed E-state index contributed by atoms with van der Waals surface area (Å²) in [5, 5.41) is 14.3. The number of aryl methyl sites for hydroxylation is 2. The van der Waals surface area contributed by atoms with Gasteiger partial charge in [-0.15, -0.1) is 0 Å². The highest BCUT2D eigenvalue weighted by molar-refractivity contribution is 6.30. The van der Waals surface area contributed by atoms with Gasteiger partial charge in [0, 0.05) is 30.1 Å². The first-order valence-corrected chi connectivity index (χ1v) is 14.8. The summed E-state index contributed by atoms with van der Waals surface area (Å²) in [6.45, 7) is 4.18. The number of carboxylic acids is 1. The van der Waals surface area contributed by atoms with Crippen LogP contribution in [-0.2, 0) is 22.4 Å². The molecular formula is C33H37ClN2O5. The number of nitrogens with zero attached hydrogens (tertiary/aromatic N) is 1. The van der Waals surface area contributed by atoms with E-state index in [9.17, 15) is 14.7 Å². The Balaban J connectivity index is 1.30. The van der Waals surface area contributed by atoms with E-state index in [4.69, 9.17) is 21.1 Å². The van der Waals surface area contributed by atoms with Crippen molar-refractivity contribution in [2.45, 2.75) is 44.6 Å². The molecular weight excluding hydrogens is 540 g/mol. The van der Waals surface area contributed by atoms with Gasteiger partial charge in [-0.05, 0) is 72.2 Å². The molecule has 8 heteroatoms. The molecule has 0 bridgehead atoms. The van der Waals surface area contributed by atoms with Crippen LogP contribution in [0.3, 0.4) is 0 Å². The van der Waals surface area contributed by atoms with Crippen LogP contribution in [0.1, 0.15) is 54.0 Å². The van der Waals surface area contributed by atoms with Gasteiger partial charge in [0.05, 0.1) is 12.5 Å². The van der Waals surface area contributed by atoms with Gasteiger partial charge in [-0.2, -0.15) is 0 Å². The average molecular weight is 577 g/mol. The molecule has 3 aromatic rings. The molecule has 0 unspecified atom stereocenters. The highest BCUT2D eigenvalue weighted by Gasteiger charge is 2.48. The summed E-state index contributed by atoms with van der Waals surface area (Å²) < 4.78 is 11.5. The van der Waals surface area contributed by atoms with Crippen molar-refractivity contribution >= 4 is 23.5 Å². The number of carbonyl (C=O) groups excluding carboxylic acids is 1. The van der Waals surface area contributed by atoms with Gasteiger partial charge in [0.15, 0.2) is 11.5 Å². The second-order valence-electron chi connectivity index (χ2n) is 10.8. The molecule has 7 nitrogen and oxygen atoms in total. The van der Waals surface area contributed by atoms with Crippen molar-refractivity contribution in [1.29, 1.82) is 0 Å². The number of rotatable bonds is 11. The van der Waals surface area contributed by atoms with Crippen molar-refractivity contribution in [3.8, 4) is 11.5 Å². The van der Waals surface area contributed by atoms with Gasteiger partial charge in [0.1, 0.15) is 13.2 Å². The molecule has 0 radical (unpaired) electrons. The van der Waals surface area contributed by atoms with E-state index in [0.717, 1.165) is 41.8 Å². The predicted molar refractivity (Wildman–Crippen MR) is 159 cm³/mol. The second kappa shape index (κ2) is 13.4. The van der Waals surface area contributed by atoms with Crippen LogP contribution in [0.5, 0.6) is 11.5 Å². The molecule has 2 aliphatic rings. The van der Waals surface area contributed by atoms with Crippen molar-refractivity contribution in [2.24, 2.45) is 5.92 Å². The van der Waals surface area contributed by atoms with Gasteiger partial charge in [-0.1, -0.05) is 61.0 Å². The topological polar surface area (TPSA) is 88.1 Å². The molecule has 5 rings (SSSR count). The maximum absolute atomic E-state index is 13.1. The van der Waals surface area contributed by atoms with Crippen LogP contribution in [0, 0.1) is 5.92 Å². The van der Waals surface area contributed by atoms with Crippen LogP contribution < -0.4 is 14.8 Å². The van der Waals surface area contributed by atoms with Crippen molar-refractivity contribution in [2.75, 3.05) is 32.8 Å². The fourth-order valence-corrected chi connectivity index (χ4v) is 6.20. The van der Waals surface area contributed by atoms with E-state index < -0.39 is 17.9 Å². The van der Waals surface area contributed by atoms with Crippen molar-refractivity contribution in [3.63, 3.8) is 0 Å². The Morgan fingerprint density at radius 1 is 0.951 bits per heavy atom. The molecule has 3 atom stereocenters. The summed E-state index contributed by atoms with van der Waals surface area (Å²) in [7, 11) is 0. The lowest BCUT2D eigenvalue weighted by Crippen LogP contribution is -2.38. The maximum atomic E-state index is 13.1. The number of halogens is 1. The normalized spacial score (nSPS) is 20.1. The smallest absolute Gasteiger partial charge is 0.309 e. The molecule has 2 N–H and O–H groups in total. The van der Waals surface area contributed by atoms with Crippen molar-refractivity contribution in [1.82, 2.24) is 10.2 Å². The Morgan fingerprint density at radius 3 is 2.44 bits per heavy atom. The number of nitrogens with one attached hydrogen (secondary N) is 1. The predicted octanol–water partition coefficient (Wildman–Crippen LogP) is 5.65. The SMILES string of the molecule is CCc1ccc([C@@H]2[C@@H](C(=O)O)[C@@H](c3ccc4c(c3)OCCO4)CN2CC(=O)NCCCCc2cccc(Cl)c2)cc1. The lowest BCUT2D eigenvalue weighted by atomic mass is 9.82. The monoisotopic (exact) mass is 576 g/mol. The first-order valence-electron chi connectivity index (χ1n) is 14.4. The van der Waals surface area contributed by atoms with Gasteiger partial charge in [-0.25, -0.2) is 0 Å². The summed E-state index contributed by atoms with van der Waals surface area (Å²) >= 11 is 6.08. The number of ether oxygens (including phenoxy) is 2. The zero-order valence-electron chi connectivity index (χ0n) is 23.4. The Bertz CT molecular complexity index is 1360. The van der Waals surface area contributed by atoms with Gasteiger partial charge < -0.3 is 19.9 Å². The first-order chi connectivity index (χ1) is 19.9. The molecule has 3 aromatic carbocycles. The lowest BCUT2D eigenvalue weighted by molar-refractivity contribution is -0.143. The fraction of sp³-hybridized carbons (Fsp3) is 0.394. The van der Waals surface area contributed by atoms with Gasteiger partial charge in [0.2, 0.25) is 5.91 Å². The summed E-state index contributed by atoms with van der Waals surface area (Å²) in [6, 6.07) is 21.2. The Morgan fingerprint density at radius 2 is 1.71 bits per heavy atom. The number of amides is 1. The standard InChI is InChI=1S/C33H37ClN2O5/c1-2-22-9-11-24(12-10-22)32-31(33(38)39)27(25-13-14-28-29(19-25)41-17-16-40-28)20-36(32)21-30(37)35-15-4-3-6-23-7-5-8-26(34)18-23/h5,7-14,18-19,27,31-32H,2-4,6,15-17,20-21H2,1H3,(H,35,37)(H,38,39)/t27-,31+,32-/m1/s1. The third kappa shape index (κ3) is 7.03. The number of likely N-dealkylation sites (tertiary alicyclic amines) is 1. The number of carboxylic acid groups (broad SMARTS) is 1. The fourth-order valence-electron chi connectivity index (χ4n) is 5.98. The number of aliphatic carboxylic acids is 1. The van der Waals surface area contributed by atoms with Crippen LogP contribution in [0.15, 0.2) is 66.7 Å². The summed E-state index contributed by atoms with van der Waals surface area (Å²) in [5.74, 6) is -0.715. The zero-order chi connectivity index (χ0) is 28.8. The van der Waals surface area contributed by atoms with Crippen LogP contribution in [0.4, 0.5) is 0 Å². The first kappa shape index (κ1) is 29.0. The minimum Gasteiger partial charge on any atom is -0.486 e. The third-order valence-electron chi connectivity index (χ3n) is 8.06. The molecule has 216 valence electrons. The van der Waals surface area contributed by atoms with Crippen molar-refractivity contribution < 1.29 is 24.2 Å². The van der Waals surface area contributed by atoms with Crippen LogP contribution in [0.2, 0.25) is 5.02 Å². The quantitative estimate of drug-likeness (QED) is 0.287. The average Bonchev–Trinajstić information content (AvgIpc) is 3.36. The van der Waals surface area contributed by atoms with Crippen LogP contribution in [0.25, 0.3) is 0 Å². The van der Waals surface area contributed by atoms with E-state index in [1.165, 1.54) is 11.1 Å². The minimum atomic E-state index is -0.876. The Hall–Kier alpha value is -3.55. The number of hydrogen-bond donors (Lipinski definition) is 2. The molecule has 2 heterocycles. The number of benzene rings is 3. The minimum absolute atomic E-state index is 0.102. The largest absolute Gasteiger partial charge is 0.486 e. The molecule has 0 spiro atoms. The molecule has 0 aromatic heterocycles. The molecule has 0 aliphatic carbocycles. The number of hydrogen-bond acceptors (Lipinski definition) is 5. The summed E-state index contributed by atoms with van der Waals surface area (Å²) in [4.78, 5) is 27.9. The van der Waals surface area contributed by atoms with Gasteiger partial charge in [0.25, 0.3) is 0 Å². The molecule has 1 amide bonds. The Kier molecular flexibility index (Phi) is 9.47. The third-order valence-corrected chi connectivity index (χ3v) is 8.29. The summed E-state index contributed by atoms with van der Waals surface area (Å²) in [6.07, 6.45) is 3.58.